The van der Waals surface area contributed by atoms with Crippen molar-refractivity contribution >= 4 is 11.9 Å². The molecular formula is C19H28O5. The number of ether oxygens (including phenoxy) is 3. The lowest BCUT2D eigenvalue weighted by atomic mass is 9.89. The topological polar surface area (TPSA) is 61.8 Å². The minimum Gasteiger partial charge on any atom is -0.453 e. The molecule has 0 aliphatic heterocycles. The minimum atomic E-state index is -0.773. The Labute approximate surface area is 144 Å². The molecule has 0 heterocycles. The van der Waals surface area contributed by atoms with E-state index in [-0.39, 0.29) is 12.7 Å². The normalized spacial score (nSPS) is 13.5. The second kappa shape index (κ2) is 8.83. The fourth-order valence-corrected chi connectivity index (χ4v) is 2.11. The monoisotopic (exact) mass is 336 g/mol. The van der Waals surface area contributed by atoms with Gasteiger partial charge >= 0.3 is 11.9 Å². The maximum atomic E-state index is 12.3. The van der Waals surface area contributed by atoms with Gasteiger partial charge in [-0.3, -0.25) is 4.79 Å². The minimum absolute atomic E-state index is 0.0261. The molecule has 0 saturated carbocycles. The molecule has 0 radical (unpaired) electrons. The van der Waals surface area contributed by atoms with Crippen molar-refractivity contribution in [2.45, 2.75) is 54.1 Å². The van der Waals surface area contributed by atoms with E-state index in [1.807, 2.05) is 40.7 Å². The summed E-state index contributed by atoms with van der Waals surface area (Å²) in [4.78, 5) is 24.2. The van der Waals surface area contributed by atoms with E-state index >= 15 is 0 Å². The molecule has 0 N–H and O–H groups in total. The molecule has 5 nitrogen and oxygen atoms in total. The molecule has 24 heavy (non-hydrogen) atoms. The van der Waals surface area contributed by atoms with Gasteiger partial charge in [0.1, 0.15) is 5.75 Å². The van der Waals surface area contributed by atoms with Crippen molar-refractivity contribution in [3.05, 3.63) is 29.3 Å². The van der Waals surface area contributed by atoms with E-state index in [0.29, 0.717) is 12.2 Å². The highest BCUT2D eigenvalue weighted by atomic mass is 16.6. The molecular weight excluding hydrogens is 308 g/mol. The van der Waals surface area contributed by atoms with E-state index in [1.54, 1.807) is 19.1 Å². The van der Waals surface area contributed by atoms with Crippen LogP contribution in [0.2, 0.25) is 0 Å². The van der Waals surface area contributed by atoms with Crippen LogP contribution >= 0.6 is 0 Å². The summed E-state index contributed by atoms with van der Waals surface area (Å²) in [6.07, 6.45) is 0.586. The molecule has 0 fully saturated rings. The molecule has 0 amide bonds. The van der Waals surface area contributed by atoms with Crippen molar-refractivity contribution in [2.75, 3.05) is 13.2 Å². The van der Waals surface area contributed by atoms with Crippen LogP contribution < -0.4 is 4.74 Å². The highest BCUT2D eigenvalue weighted by Gasteiger charge is 2.34. The smallest absolute Gasteiger partial charge is 0.349 e. The first-order valence-corrected chi connectivity index (χ1v) is 8.24. The number of hydrogen-bond acceptors (Lipinski definition) is 5. The van der Waals surface area contributed by atoms with Crippen molar-refractivity contribution in [3.63, 3.8) is 0 Å². The van der Waals surface area contributed by atoms with Gasteiger partial charge in [0.2, 0.25) is 0 Å². The first-order chi connectivity index (χ1) is 11.2. The van der Waals surface area contributed by atoms with E-state index in [2.05, 4.69) is 0 Å². The summed E-state index contributed by atoms with van der Waals surface area (Å²) in [5.41, 5.74) is 1.23. The summed E-state index contributed by atoms with van der Waals surface area (Å²) in [6.45, 7) is 11.2. The molecule has 0 bridgehead atoms. The predicted molar refractivity (Wildman–Crippen MR) is 92.0 cm³/mol. The summed E-state index contributed by atoms with van der Waals surface area (Å²) in [7, 11) is 0. The van der Waals surface area contributed by atoms with E-state index in [9.17, 15) is 9.59 Å². The summed E-state index contributed by atoms with van der Waals surface area (Å²) in [5, 5.41) is 0. The van der Waals surface area contributed by atoms with E-state index in [4.69, 9.17) is 14.2 Å². The van der Waals surface area contributed by atoms with Gasteiger partial charge in [-0.25, -0.2) is 4.79 Å². The highest BCUT2D eigenvalue weighted by Crippen LogP contribution is 2.24. The Bertz CT molecular complexity index is 559. The van der Waals surface area contributed by atoms with Crippen molar-refractivity contribution in [3.8, 4) is 5.75 Å². The number of carbonyl (C=O) groups excluding carboxylic acids is 2. The average molecular weight is 336 g/mol. The molecule has 1 unspecified atom stereocenters. The zero-order valence-corrected chi connectivity index (χ0v) is 15.5. The van der Waals surface area contributed by atoms with Crippen molar-refractivity contribution < 1.29 is 23.8 Å². The SMILES string of the molecule is CCC(C)(COC(C)C)C(=O)OCC(=O)Oc1cc(C)cc(C)c1. The molecule has 1 atom stereocenters. The summed E-state index contributed by atoms with van der Waals surface area (Å²) in [5.74, 6) is -0.602. The molecule has 0 saturated heterocycles. The molecule has 1 rings (SSSR count). The highest BCUT2D eigenvalue weighted by molar-refractivity contribution is 5.81. The van der Waals surface area contributed by atoms with Crippen LogP contribution in [0.1, 0.15) is 45.2 Å². The molecule has 0 spiro atoms. The molecule has 5 heteroatoms. The van der Waals surface area contributed by atoms with Crippen LogP contribution in [0.4, 0.5) is 0 Å². The van der Waals surface area contributed by atoms with Crippen molar-refractivity contribution in [1.82, 2.24) is 0 Å². The number of rotatable bonds is 8. The summed E-state index contributed by atoms with van der Waals surface area (Å²) >= 11 is 0. The lowest BCUT2D eigenvalue weighted by molar-refractivity contribution is -0.165. The van der Waals surface area contributed by atoms with Crippen molar-refractivity contribution in [1.29, 1.82) is 0 Å². The first kappa shape index (κ1) is 20.2. The summed E-state index contributed by atoms with van der Waals surface area (Å²) < 4.78 is 15.9. The zero-order chi connectivity index (χ0) is 18.3. The number of benzene rings is 1. The number of aryl methyl sites for hydroxylation is 2. The van der Waals surface area contributed by atoms with Gasteiger partial charge in [-0.15, -0.1) is 0 Å². The summed E-state index contributed by atoms with van der Waals surface area (Å²) in [6, 6.07) is 5.51. The Hall–Kier alpha value is -1.88. The van der Waals surface area contributed by atoms with Gasteiger partial charge in [-0.1, -0.05) is 13.0 Å². The second-order valence-electron chi connectivity index (χ2n) is 6.65. The fourth-order valence-electron chi connectivity index (χ4n) is 2.11. The Morgan fingerprint density at radius 2 is 1.71 bits per heavy atom. The second-order valence-corrected chi connectivity index (χ2v) is 6.65. The third kappa shape index (κ3) is 6.32. The van der Waals surface area contributed by atoms with Crippen LogP contribution in [-0.2, 0) is 19.1 Å². The van der Waals surface area contributed by atoms with Crippen LogP contribution in [0.15, 0.2) is 18.2 Å². The average Bonchev–Trinajstić information content (AvgIpc) is 2.49. The Morgan fingerprint density at radius 3 is 2.21 bits per heavy atom. The van der Waals surface area contributed by atoms with Gasteiger partial charge < -0.3 is 14.2 Å². The zero-order valence-electron chi connectivity index (χ0n) is 15.5. The molecule has 1 aromatic rings. The fraction of sp³-hybridized carbons (Fsp3) is 0.579. The Morgan fingerprint density at radius 1 is 1.12 bits per heavy atom. The van der Waals surface area contributed by atoms with Crippen LogP contribution in [0, 0.1) is 19.3 Å². The maximum absolute atomic E-state index is 12.3. The van der Waals surface area contributed by atoms with E-state index in [0.717, 1.165) is 11.1 Å². The third-order valence-electron chi connectivity index (χ3n) is 3.76. The lowest BCUT2D eigenvalue weighted by Crippen LogP contribution is -2.36. The van der Waals surface area contributed by atoms with Crippen LogP contribution in [0.25, 0.3) is 0 Å². The Kier molecular flexibility index (Phi) is 7.42. The maximum Gasteiger partial charge on any atom is 0.349 e. The van der Waals surface area contributed by atoms with Crippen LogP contribution in [0.5, 0.6) is 5.75 Å². The van der Waals surface area contributed by atoms with Gasteiger partial charge in [0.05, 0.1) is 18.1 Å². The van der Waals surface area contributed by atoms with Gasteiger partial charge in [-0.2, -0.15) is 0 Å². The number of carbonyl (C=O) groups is 2. The predicted octanol–water partition coefficient (Wildman–Crippen LogP) is 3.59. The van der Waals surface area contributed by atoms with E-state index in [1.165, 1.54) is 0 Å². The Balaban J connectivity index is 2.57. The van der Waals surface area contributed by atoms with E-state index < -0.39 is 24.0 Å². The molecule has 0 aliphatic rings. The largest absolute Gasteiger partial charge is 0.453 e. The molecule has 1 aromatic carbocycles. The van der Waals surface area contributed by atoms with Gasteiger partial charge in [-0.05, 0) is 64.3 Å². The standard InChI is InChI=1S/C19H28O5/c1-7-19(6,12-23-13(2)3)18(21)22-11-17(20)24-16-9-14(4)8-15(5)10-16/h8-10,13H,7,11-12H2,1-6H3. The van der Waals surface area contributed by atoms with Crippen molar-refractivity contribution in [2.24, 2.45) is 5.41 Å². The van der Waals surface area contributed by atoms with Crippen LogP contribution in [0.3, 0.4) is 0 Å². The van der Waals surface area contributed by atoms with Crippen LogP contribution in [-0.4, -0.2) is 31.3 Å². The van der Waals surface area contributed by atoms with Gasteiger partial charge in [0.25, 0.3) is 0 Å². The number of hydrogen-bond donors (Lipinski definition) is 0. The quantitative estimate of drug-likeness (QED) is 0.536. The molecule has 0 aromatic heterocycles. The lowest BCUT2D eigenvalue weighted by Gasteiger charge is -2.26. The van der Waals surface area contributed by atoms with Gasteiger partial charge in [0.15, 0.2) is 6.61 Å². The molecule has 134 valence electrons. The molecule has 0 aliphatic carbocycles. The third-order valence-corrected chi connectivity index (χ3v) is 3.76. The first-order valence-electron chi connectivity index (χ1n) is 8.24. The number of esters is 2. The van der Waals surface area contributed by atoms with Gasteiger partial charge in [0, 0.05) is 0 Å².